The van der Waals surface area contributed by atoms with Crippen LogP contribution >= 0.6 is 11.6 Å². The van der Waals surface area contributed by atoms with Gasteiger partial charge in [0.25, 0.3) is 0 Å². The molecule has 1 saturated heterocycles. The van der Waals surface area contributed by atoms with E-state index in [1.165, 1.54) is 0 Å². The Morgan fingerprint density at radius 3 is 2.67 bits per heavy atom. The van der Waals surface area contributed by atoms with Gasteiger partial charge in [-0.15, -0.1) is 0 Å². The number of nitrogen functional groups attached to an aromatic ring is 1. The number of ether oxygens (including phenoxy) is 1. The van der Waals surface area contributed by atoms with Gasteiger partial charge in [-0.3, -0.25) is 0 Å². The van der Waals surface area contributed by atoms with E-state index in [4.69, 9.17) is 22.1 Å². The van der Waals surface area contributed by atoms with Crippen molar-refractivity contribution in [2.45, 2.75) is 26.4 Å². The van der Waals surface area contributed by atoms with Crippen LogP contribution in [0.25, 0.3) is 0 Å². The highest BCUT2D eigenvalue weighted by molar-refractivity contribution is 6.28. The van der Waals surface area contributed by atoms with Gasteiger partial charge in [0.15, 0.2) is 0 Å². The summed E-state index contributed by atoms with van der Waals surface area (Å²) in [7, 11) is 0. The molecule has 0 radical (unpaired) electrons. The van der Waals surface area contributed by atoms with Crippen LogP contribution in [-0.2, 0) is 4.74 Å². The Bertz CT molecular complexity index is 507. The van der Waals surface area contributed by atoms with Crippen molar-refractivity contribution in [2.24, 2.45) is 5.92 Å². The molecule has 0 bridgehead atoms. The summed E-state index contributed by atoms with van der Waals surface area (Å²) in [6, 6.07) is 0. The van der Waals surface area contributed by atoms with Crippen molar-refractivity contribution in [3.05, 3.63) is 5.28 Å². The van der Waals surface area contributed by atoms with E-state index >= 15 is 0 Å². The predicted octanol–water partition coefficient (Wildman–Crippen LogP) is 1.07. The summed E-state index contributed by atoms with van der Waals surface area (Å²) in [6.45, 7) is 7.45. The second-order valence-corrected chi connectivity index (χ2v) is 6.25. The molecule has 0 saturated carbocycles. The van der Waals surface area contributed by atoms with Crippen LogP contribution in [0.4, 0.5) is 16.7 Å². The number of anilines is 2. The zero-order chi connectivity index (χ0) is 15.6. The first-order valence-electron chi connectivity index (χ1n) is 6.62. The van der Waals surface area contributed by atoms with E-state index in [1.54, 1.807) is 0 Å². The van der Waals surface area contributed by atoms with E-state index in [1.807, 2.05) is 25.7 Å². The topological polar surface area (TPSA) is 106 Å². The van der Waals surface area contributed by atoms with Crippen molar-refractivity contribution in [3.8, 4) is 0 Å². The van der Waals surface area contributed by atoms with Crippen LogP contribution in [0.2, 0.25) is 5.28 Å². The highest BCUT2D eigenvalue weighted by atomic mass is 35.5. The Morgan fingerprint density at radius 1 is 1.43 bits per heavy atom. The van der Waals surface area contributed by atoms with Gasteiger partial charge in [-0.1, -0.05) is 0 Å². The highest BCUT2D eigenvalue weighted by Crippen LogP contribution is 2.22. The lowest BCUT2D eigenvalue weighted by atomic mass is 10.0. The quantitative estimate of drug-likeness (QED) is 0.859. The summed E-state index contributed by atoms with van der Waals surface area (Å²) in [5, 5.41) is 2.82. The van der Waals surface area contributed by atoms with Crippen LogP contribution in [0.15, 0.2) is 0 Å². The molecule has 9 heteroatoms. The van der Waals surface area contributed by atoms with Gasteiger partial charge >= 0.3 is 6.09 Å². The molecule has 0 spiro atoms. The summed E-state index contributed by atoms with van der Waals surface area (Å²) in [5.41, 5.74) is 5.03. The molecule has 0 aromatic carbocycles. The van der Waals surface area contributed by atoms with Crippen molar-refractivity contribution in [1.29, 1.82) is 0 Å². The maximum Gasteiger partial charge on any atom is 0.407 e. The molecule has 8 nitrogen and oxygen atoms in total. The standard InChI is InChI=1S/C12H19ClN6O2/c1-12(2,3)21-11(20)15-4-7-5-19(6-7)10-17-8(13)16-9(14)18-10/h7H,4-6H2,1-3H3,(H,15,20)(H2,14,16,17,18). The van der Waals surface area contributed by atoms with Crippen molar-refractivity contribution < 1.29 is 9.53 Å². The largest absolute Gasteiger partial charge is 0.444 e. The Morgan fingerprint density at radius 2 is 2.10 bits per heavy atom. The molecule has 3 N–H and O–H groups in total. The molecule has 0 unspecified atom stereocenters. The van der Waals surface area contributed by atoms with Crippen LogP contribution in [0.3, 0.4) is 0 Å². The smallest absolute Gasteiger partial charge is 0.407 e. The molecule has 21 heavy (non-hydrogen) atoms. The van der Waals surface area contributed by atoms with Crippen LogP contribution in [0.1, 0.15) is 20.8 Å². The molecule has 0 atom stereocenters. The van der Waals surface area contributed by atoms with Crippen LogP contribution < -0.4 is 16.0 Å². The average Bonchev–Trinajstić information content (AvgIpc) is 2.22. The Balaban J connectivity index is 1.75. The Labute approximate surface area is 128 Å². The third kappa shape index (κ3) is 4.59. The van der Waals surface area contributed by atoms with Crippen molar-refractivity contribution >= 4 is 29.6 Å². The number of hydrogen-bond acceptors (Lipinski definition) is 7. The van der Waals surface area contributed by atoms with E-state index in [-0.39, 0.29) is 11.2 Å². The molecule has 1 amide bonds. The van der Waals surface area contributed by atoms with Gasteiger partial charge in [0.1, 0.15) is 5.60 Å². The van der Waals surface area contributed by atoms with Crippen molar-refractivity contribution in [2.75, 3.05) is 30.3 Å². The van der Waals surface area contributed by atoms with Gasteiger partial charge in [-0.2, -0.15) is 15.0 Å². The number of nitrogens with two attached hydrogens (primary N) is 1. The highest BCUT2D eigenvalue weighted by Gasteiger charge is 2.30. The number of aromatic nitrogens is 3. The minimum absolute atomic E-state index is 0.0767. The normalized spacial score (nSPS) is 15.5. The van der Waals surface area contributed by atoms with Crippen LogP contribution in [0.5, 0.6) is 0 Å². The third-order valence-corrected chi connectivity index (χ3v) is 2.96. The maximum atomic E-state index is 11.5. The monoisotopic (exact) mass is 314 g/mol. The zero-order valence-corrected chi connectivity index (χ0v) is 13.0. The lowest BCUT2D eigenvalue weighted by molar-refractivity contribution is 0.0516. The first-order valence-corrected chi connectivity index (χ1v) is 6.99. The molecule has 1 aromatic rings. The number of halogens is 1. The predicted molar refractivity (Wildman–Crippen MR) is 79.2 cm³/mol. The fourth-order valence-corrected chi connectivity index (χ4v) is 2.06. The molecule has 2 rings (SSSR count). The Hall–Kier alpha value is -1.83. The third-order valence-electron chi connectivity index (χ3n) is 2.79. The SMILES string of the molecule is CC(C)(C)OC(=O)NCC1CN(c2nc(N)nc(Cl)n2)C1. The number of alkyl carbamates (subject to hydrolysis) is 1. The maximum absolute atomic E-state index is 11.5. The zero-order valence-electron chi connectivity index (χ0n) is 12.3. The first kappa shape index (κ1) is 15.6. The lowest BCUT2D eigenvalue weighted by Crippen LogP contribution is -2.52. The minimum Gasteiger partial charge on any atom is -0.444 e. The minimum atomic E-state index is -0.491. The second-order valence-electron chi connectivity index (χ2n) is 5.92. The van der Waals surface area contributed by atoms with Gasteiger partial charge in [-0.25, -0.2) is 4.79 Å². The lowest BCUT2D eigenvalue weighted by Gasteiger charge is -2.39. The summed E-state index contributed by atoms with van der Waals surface area (Å²) in [5.74, 6) is 0.871. The molecule has 1 aliphatic heterocycles. The van der Waals surface area contributed by atoms with Crippen LogP contribution in [-0.4, -0.2) is 46.3 Å². The molecule has 0 aliphatic carbocycles. The summed E-state index contributed by atoms with van der Waals surface area (Å²) < 4.78 is 5.17. The molecule has 1 aromatic heterocycles. The molecule has 1 fully saturated rings. The number of carbonyl (C=O) groups excluding carboxylic acids is 1. The molecule has 2 heterocycles. The first-order chi connectivity index (χ1) is 9.73. The Kier molecular flexibility index (Phi) is 4.36. The van der Waals surface area contributed by atoms with E-state index < -0.39 is 11.7 Å². The van der Waals surface area contributed by atoms with Crippen LogP contribution in [0, 0.1) is 5.92 Å². The number of nitrogens with one attached hydrogen (secondary N) is 1. The molecule has 1 aliphatic rings. The summed E-state index contributed by atoms with van der Waals surface area (Å²) in [4.78, 5) is 25.2. The average molecular weight is 315 g/mol. The van der Waals surface area contributed by atoms with Gasteiger partial charge in [0, 0.05) is 25.6 Å². The number of rotatable bonds is 3. The van der Waals surface area contributed by atoms with Crippen molar-refractivity contribution in [3.63, 3.8) is 0 Å². The number of hydrogen-bond donors (Lipinski definition) is 2. The molecular weight excluding hydrogens is 296 g/mol. The van der Waals surface area contributed by atoms with Gasteiger partial charge < -0.3 is 20.7 Å². The van der Waals surface area contributed by atoms with Gasteiger partial charge in [0.2, 0.25) is 17.2 Å². The van der Waals surface area contributed by atoms with E-state index in [2.05, 4.69) is 20.3 Å². The van der Waals surface area contributed by atoms with E-state index in [0.717, 1.165) is 13.1 Å². The van der Waals surface area contributed by atoms with Gasteiger partial charge in [0.05, 0.1) is 0 Å². The molecular formula is C12H19ClN6O2. The van der Waals surface area contributed by atoms with E-state index in [9.17, 15) is 4.79 Å². The van der Waals surface area contributed by atoms with E-state index in [0.29, 0.717) is 18.4 Å². The number of nitrogens with zero attached hydrogens (tertiary/aromatic N) is 4. The fourth-order valence-electron chi connectivity index (χ4n) is 1.90. The molecule has 116 valence electrons. The summed E-state index contributed by atoms with van der Waals surface area (Å²) >= 11 is 5.73. The summed E-state index contributed by atoms with van der Waals surface area (Å²) in [6.07, 6.45) is -0.409. The number of carbonyl (C=O) groups is 1. The number of amides is 1. The fraction of sp³-hybridized carbons (Fsp3) is 0.667. The van der Waals surface area contributed by atoms with Crippen molar-refractivity contribution in [1.82, 2.24) is 20.3 Å². The van der Waals surface area contributed by atoms with Gasteiger partial charge in [-0.05, 0) is 32.4 Å². The second kappa shape index (κ2) is 5.88.